The molecule has 2 aliphatic rings. The van der Waals surface area contributed by atoms with Gasteiger partial charge in [0.15, 0.2) is 6.61 Å². The second kappa shape index (κ2) is 8.11. The van der Waals surface area contributed by atoms with Gasteiger partial charge in [0.05, 0.1) is 17.5 Å². The zero-order valence-electron chi connectivity index (χ0n) is 18.3. The Hall–Kier alpha value is -3.10. The summed E-state index contributed by atoms with van der Waals surface area (Å²) in [5.74, 6) is -0.449. The maximum atomic E-state index is 16.1. The van der Waals surface area contributed by atoms with E-state index in [1.165, 1.54) is 12.3 Å². The highest BCUT2D eigenvalue weighted by Gasteiger charge is 2.54. The van der Waals surface area contributed by atoms with E-state index in [0.29, 0.717) is 28.2 Å². The molecule has 1 fully saturated rings. The Morgan fingerprint density at radius 3 is 2.34 bits per heavy atom. The highest BCUT2D eigenvalue weighted by molar-refractivity contribution is 6.56. The van der Waals surface area contributed by atoms with Crippen molar-refractivity contribution in [2.45, 2.75) is 38.9 Å². The summed E-state index contributed by atoms with van der Waals surface area (Å²) in [4.78, 5) is 10.8. The fourth-order valence-corrected chi connectivity index (χ4v) is 3.52. The monoisotopic (exact) mass is 438 g/mol. The lowest BCUT2D eigenvalue weighted by atomic mass is 9.78. The lowest BCUT2D eigenvalue weighted by Gasteiger charge is -2.32. The molecule has 2 aromatic rings. The molecule has 0 amide bonds. The van der Waals surface area contributed by atoms with Crippen molar-refractivity contribution >= 4 is 24.2 Å². The third kappa shape index (κ3) is 4.03. The van der Waals surface area contributed by atoms with Crippen molar-refractivity contribution in [1.29, 1.82) is 0 Å². The number of hydrogen-bond acceptors (Lipinski definition) is 5. The van der Waals surface area contributed by atoms with Gasteiger partial charge in [-0.3, -0.25) is 0 Å². The van der Waals surface area contributed by atoms with Gasteiger partial charge >= 0.3 is 13.1 Å². The van der Waals surface area contributed by atoms with Crippen LogP contribution in [0, 0.1) is 0 Å². The minimum atomic E-state index is -1.18. The highest BCUT2D eigenvalue weighted by Crippen LogP contribution is 2.47. The summed E-state index contributed by atoms with van der Waals surface area (Å²) >= 11 is 0. The van der Waals surface area contributed by atoms with Crippen molar-refractivity contribution in [2.24, 2.45) is 0 Å². The topological polar surface area (TPSA) is 74.2 Å². The first kappa shape index (κ1) is 22.1. The first-order chi connectivity index (χ1) is 15.1. The van der Waals surface area contributed by atoms with E-state index in [1.807, 2.05) is 58.0 Å². The minimum Gasteiger partial charge on any atom is -0.482 e. The van der Waals surface area contributed by atoms with Crippen molar-refractivity contribution in [2.75, 3.05) is 6.61 Å². The fraction of sp³-hybridized carbons (Fsp3) is 0.292. The molecular weight excluding hydrogens is 414 g/mol. The van der Waals surface area contributed by atoms with Crippen LogP contribution in [0.4, 0.5) is 4.39 Å². The number of carbonyl (C=O) groups is 1. The van der Waals surface area contributed by atoms with Gasteiger partial charge in [0, 0.05) is 22.8 Å². The van der Waals surface area contributed by atoms with Crippen molar-refractivity contribution in [3.05, 3.63) is 71.6 Å². The summed E-state index contributed by atoms with van der Waals surface area (Å²) in [5.41, 5.74) is 0.128. The van der Waals surface area contributed by atoms with E-state index >= 15 is 4.39 Å². The fourth-order valence-electron chi connectivity index (χ4n) is 3.52. The van der Waals surface area contributed by atoms with E-state index in [4.69, 9.17) is 23.9 Å². The van der Waals surface area contributed by atoms with Crippen molar-refractivity contribution in [3.8, 4) is 11.5 Å². The van der Waals surface area contributed by atoms with Crippen LogP contribution in [0.1, 0.15) is 38.8 Å². The predicted molar refractivity (Wildman–Crippen MR) is 119 cm³/mol. The molecule has 8 heteroatoms. The second-order valence-corrected chi connectivity index (χ2v) is 8.67. The number of carboxylic acids is 1. The van der Waals surface area contributed by atoms with Crippen molar-refractivity contribution in [1.82, 2.24) is 0 Å². The maximum Gasteiger partial charge on any atom is 0.525 e. The van der Waals surface area contributed by atoms with Crippen LogP contribution in [0.2, 0.25) is 0 Å². The van der Waals surface area contributed by atoms with E-state index in [1.54, 1.807) is 12.1 Å². The van der Waals surface area contributed by atoms with Crippen molar-refractivity contribution < 1.29 is 33.1 Å². The molecule has 166 valence electrons. The van der Waals surface area contributed by atoms with E-state index in [9.17, 15) is 4.79 Å². The van der Waals surface area contributed by atoms with E-state index < -0.39 is 36.6 Å². The van der Waals surface area contributed by atoms with Crippen LogP contribution in [-0.4, -0.2) is 36.0 Å². The smallest absolute Gasteiger partial charge is 0.482 e. The Morgan fingerprint density at radius 1 is 1.06 bits per heavy atom. The molecule has 0 bridgehead atoms. The minimum absolute atomic E-state index is 0.292. The van der Waals surface area contributed by atoms with Gasteiger partial charge in [-0.2, -0.15) is 0 Å². The maximum absolute atomic E-state index is 16.1. The van der Waals surface area contributed by atoms with Crippen LogP contribution >= 0.6 is 0 Å². The van der Waals surface area contributed by atoms with Gasteiger partial charge in [0.25, 0.3) is 0 Å². The third-order valence-electron chi connectivity index (χ3n) is 5.94. The van der Waals surface area contributed by atoms with Crippen LogP contribution in [0.15, 0.2) is 60.5 Å². The zero-order chi connectivity index (χ0) is 23.1. The summed E-state index contributed by atoms with van der Waals surface area (Å²) in [6.45, 7) is 6.96. The Kier molecular flexibility index (Phi) is 5.60. The van der Waals surface area contributed by atoms with Gasteiger partial charge in [0.1, 0.15) is 17.2 Å². The number of rotatable bonds is 5. The molecule has 32 heavy (non-hydrogen) atoms. The summed E-state index contributed by atoms with van der Waals surface area (Å²) < 4.78 is 39.0. The Morgan fingerprint density at radius 2 is 1.72 bits per heavy atom. The Bertz CT molecular complexity index is 1090. The van der Waals surface area contributed by atoms with E-state index in [2.05, 4.69) is 0 Å². The van der Waals surface area contributed by atoms with Gasteiger partial charge in [-0.1, -0.05) is 30.3 Å². The van der Waals surface area contributed by atoms with Gasteiger partial charge in [-0.05, 0) is 45.4 Å². The lowest BCUT2D eigenvalue weighted by molar-refractivity contribution is -0.139. The first-order valence-corrected chi connectivity index (χ1v) is 10.3. The van der Waals surface area contributed by atoms with E-state index in [0.717, 1.165) is 5.56 Å². The van der Waals surface area contributed by atoms with Gasteiger partial charge in [-0.25, -0.2) is 9.18 Å². The van der Waals surface area contributed by atoms with Gasteiger partial charge in [-0.15, -0.1) is 0 Å². The second-order valence-electron chi connectivity index (χ2n) is 8.67. The summed E-state index contributed by atoms with van der Waals surface area (Å²) in [7, 11) is -1.18. The van der Waals surface area contributed by atoms with Crippen LogP contribution in [0.25, 0.3) is 11.1 Å². The number of ether oxygens (including phenoxy) is 2. The first-order valence-electron chi connectivity index (χ1n) is 10.3. The molecule has 0 unspecified atom stereocenters. The normalized spacial score (nSPS) is 20.2. The average Bonchev–Trinajstić information content (AvgIpc) is 2.98. The molecule has 1 N–H and O–H groups in total. The third-order valence-corrected chi connectivity index (χ3v) is 5.94. The SMILES string of the molecule is CC1(C)OB(C(F)=C2C(c3ccccc3)=COc3cc(OCC(=O)O)ccc32)OC1(C)C. The van der Waals surface area contributed by atoms with Gasteiger partial charge in [0.2, 0.25) is 0 Å². The molecule has 0 aromatic heterocycles. The molecule has 0 aliphatic carbocycles. The summed E-state index contributed by atoms with van der Waals surface area (Å²) in [6.07, 6.45) is 1.47. The van der Waals surface area contributed by atoms with E-state index in [-0.39, 0.29) is 0 Å². The standard InChI is InChI=1S/C24H24BFO6/c1-23(2)24(3,4)32-25(31-23)22(26)21-17-11-10-16(29-14-20(27)28)12-19(17)30-13-18(21)15-8-6-5-7-9-15/h5-13H,14H2,1-4H3,(H,27,28). The number of halogens is 1. The number of hydrogen-bond donors (Lipinski definition) is 1. The quantitative estimate of drug-likeness (QED) is 0.670. The molecule has 0 spiro atoms. The number of benzene rings is 2. The van der Waals surface area contributed by atoms with Crippen LogP contribution < -0.4 is 9.47 Å². The molecule has 1 saturated heterocycles. The highest BCUT2D eigenvalue weighted by atomic mass is 19.1. The molecule has 0 atom stereocenters. The van der Waals surface area contributed by atoms with Crippen molar-refractivity contribution in [3.63, 3.8) is 0 Å². The number of carboxylic acid groups (broad SMARTS) is 1. The number of allylic oxidation sites excluding steroid dienone is 2. The predicted octanol–water partition coefficient (Wildman–Crippen LogP) is 4.90. The lowest BCUT2D eigenvalue weighted by Crippen LogP contribution is -2.41. The summed E-state index contributed by atoms with van der Waals surface area (Å²) in [5, 5.41) is 8.84. The van der Waals surface area contributed by atoms with Crippen LogP contribution in [0.3, 0.4) is 0 Å². The summed E-state index contributed by atoms with van der Waals surface area (Å²) in [6, 6.07) is 14.1. The largest absolute Gasteiger partial charge is 0.525 e. The molecule has 0 saturated carbocycles. The molecule has 0 radical (unpaired) electrons. The molecule has 6 nitrogen and oxygen atoms in total. The van der Waals surface area contributed by atoms with Crippen LogP contribution in [0.5, 0.6) is 11.5 Å². The van der Waals surface area contributed by atoms with Crippen LogP contribution in [-0.2, 0) is 14.1 Å². The van der Waals surface area contributed by atoms with Gasteiger partial charge < -0.3 is 23.9 Å². The Balaban J connectivity index is 1.80. The molecule has 2 aromatic carbocycles. The number of aliphatic carboxylic acids is 1. The Labute approximate surface area is 186 Å². The average molecular weight is 438 g/mol. The zero-order valence-corrected chi connectivity index (χ0v) is 18.3. The molecular formula is C24H24BFO6. The molecule has 2 aliphatic heterocycles. The molecule has 2 heterocycles. The number of fused-ring (bicyclic) bond motifs is 1. The molecule has 4 rings (SSSR count).